The fourth-order valence-corrected chi connectivity index (χ4v) is 3.16. The minimum atomic E-state index is -0.112. The lowest BCUT2D eigenvalue weighted by atomic mass is 9.85. The fourth-order valence-electron chi connectivity index (χ4n) is 3.16. The summed E-state index contributed by atoms with van der Waals surface area (Å²) in [4.78, 5) is 13.9. The second-order valence-corrected chi connectivity index (χ2v) is 5.52. The molecule has 114 valence electrons. The third-order valence-corrected chi connectivity index (χ3v) is 4.26. The van der Waals surface area contributed by atoms with Crippen LogP contribution in [0.25, 0.3) is 5.57 Å². The third-order valence-electron chi connectivity index (χ3n) is 4.26. The number of rotatable bonds is 3. The molecule has 0 bridgehead atoms. The lowest BCUT2D eigenvalue weighted by molar-refractivity contribution is -0.103. The molecule has 0 radical (unpaired) electrons. The summed E-state index contributed by atoms with van der Waals surface area (Å²) in [5, 5.41) is 0. The number of carbonyl (C=O) groups is 1. The Morgan fingerprint density at radius 1 is 1.18 bits per heavy atom. The zero-order chi connectivity index (χ0) is 15.9. The van der Waals surface area contributed by atoms with Gasteiger partial charge in [0.2, 0.25) is 0 Å². The Kier molecular flexibility index (Phi) is 3.53. The van der Waals surface area contributed by atoms with Crippen LogP contribution < -0.4 is 4.90 Å². The van der Waals surface area contributed by atoms with Gasteiger partial charge in [-0.15, -0.1) is 0 Å². The lowest BCUT2D eigenvalue weighted by Crippen LogP contribution is -2.40. The molecule has 1 heterocycles. The van der Waals surface area contributed by atoms with Crippen LogP contribution in [-0.2, 0) is 14.3 Å². The molecule has 0 amide bonds. The number of nitrogens with zero attached hydrogens (tertiary/aromatic N) is 1. The number of hydrogen-bond donors (Lipinski definition) is 0. The Balaban J connectivity index is 2.30. The molecule has 1 aromatic carbocycles. The van der Waals surface area contributed by atoms with Gasteiger partial charge < -0.3 is 14.4 Å². The van der Waals surface area contributed by atoms with Crippen molar-refractivity contribution in [2.24, 2.45) is 0 Å². The van der Waals surface area contributed by atoms with Crippen LogP contribution in [0.1, 0.15) is 11.1 Å². The zero-order valence-corrected chi connectivity index (χ0v) is 13.2. The third kappa shape index (κ3) is 2.03. The number of ether oxygens (including phenoxy) is 2. The van der Waals surface area contributed by atoms with Crippen molar-refractivity contribution in [2.45, 2.75) is 13.0 Å². The van der Waals surface area contributed by atoms with Crippen LogP contribution in [0.4, 0.5) is 5.69 Å². The number of aryl methyl sites for hydroxylation is 1. The highest BCUT2D eigenvalue weighted by molar-refractivity contribution is 6.13. The number of hydrogen-bond acceptors (Lipinski definition) is 4. The maximum atomic E-state index is 11.8. The molecule has 2 aliphatic rings. The summed E-state index contributed by atoms with van der Waals surface area (Å²) < 4.78 is 10.9. The SMILES string of the molecule is COC1=CC2=C(C=O)c3cc(C)ccc3N(C)C2C(OC)=C1. The molecular weight excluding hydrogens is 278 g/mol. The standard InChI is InChI=1S/C18H19NO3/c1-11-5-6-16-13(7-11)15(10-20)14-8-12(21-3)9-17(22-4)18(14)19(16)2/h5-10,18H,1-4H3. The molecule has 0 fully saturated rings. The van der Waals surface area contributed by atoms with Crippen LogP contribution in [0.15, 0.2) is 47.4 Å². The van der Waals surface area contributed by atoms with Crippen molar-refractivity contribution < 1.29 is 14.3 Å². The van der Waals surface area contributed by atoms with Gasteiger partial charge in [-0.1, -0.05) is 11.6 Å². The zero-order valence-electron chi connectivity index (χ0n) is 13.2. The summed E-state index contributed by atoms with van der Waals surface area (Å²) in [5.41, 5.74) is 4.71. The lowest BCUT2D eigenvalue weighted by Gasteiger charge is -2.39. The molecule has 0 saturated heterocycles. The largest absolute Gasteiger partial charge is 0.498 e. The van der Waals surface area contributed by atoms with E-state index in [1.54, 1.807) is 14.2 Å². The van der Waals surface area contributed by atoms with E-state index in [0.29, 0.717) is 11.3 Å². The van der Waals surface area contributed by atoms with Crippen LogP contribution >= 0.6 is 0 Å². The Bertz CT molecular complexity index is 728. The van der Waals surface area contributed by atoms with E-state index in [1.807, 2.05) is 38.3 Å². The molecule has 3 rings (SSSR count). The van der Waals surface area contributed by atoms with Crippen molar-refractivity contribution in [1.82, 2.24) is 0 Å². The number of allylic oxidation sites excluding steroid dienone is 2. The van der Waals surface area contributed by atoms with Crippen LogP contribution in [0, 0.1) is 6.92 Å². The molecular formula is C18H19NO3. The molecule has 0 spiro atoms. The molecule has 0 N–H and O–H groups in total. The van der Waals surface area contributed by atoms with Crippen molar-refractivity contribution in [2.75, 3.05) is 26.2 Å². The first-order valence-corrected chi connectivity index (χ1v) is 7.15. The molecule has 4 nitrogen and oxygen atoms in total. The summed E-state index contributed by atoms with van der Waals surface area (Å²) >= 11 is 0. The highest BCUT2D eigenvalue weighted by Crippen LogP contribution is 2.42. The number of fused-ring (bicyclic) bond motifs is 2. The monoisotopic (exact) mass is 297 g/mol. The first kappa shape index (κ1) is 14.4. The predicted octanol–water partition coefficient (Wildman–Crippen LogP) is 2.84. The van der Waals surface area contributed by atoms with E-state index < -0.39 is 0 Å². The van der Waals surface area contributed by atoms with Crippen LogP contribution in [0.5, 0.6) is 0 Å². The summed E-state index contributed by atoms with van der Waals surface area (Å²) in [7, 11) is 5.27. The Morgan fingerprint density at radius 2 is 1.95 bits per heavy atom. The summed E-state index contributed by atoms with van der Waals surface area (Å²) in [5.74, 6) is 1.45. The minimum Gasteiger partial charge on any atom is -0.498 e. The molecule has 1 unspecified atom stereocenters. The first-order chi connectivity index (χ1) is 10.6. The van der Waals surface area contributed by atoms with Gasteiger partial charge in [-0.3, -0.25) is 4.79 Å². The quantitative estimate of drug-likeness (QED) is 0.804. The summed E-state index contributed by atoms with van der Waals surface area (Å²) in [6.07, 6.45) is 4.71. The smallest absolute Gasteiger partial charge is 0.151 e. The first-order valence-electron chi connectivity index (χ1n) is 7.15. The fraction of sp³-hybridized carbons (Fsp3) is 0.278. The Hall–Kier alpha value is -2.49. The van der Waals surface area contributed by atoms with Crippen LogP contribution in [-0.4, -0.2) is 33.6 Å². The Morgan fingerprint density at radius 3 is 2.59 bits per heavy atom. The number of aldehydes is 1. The normalized spacial score (nSPS) is 19.8. The second kappa shape index (κ2) is 5.37. The van der Waals surface area contributed by atoms with Gasteiger partial charge in [0, 0.05) is 29.9 Å². The predicted molar refractivity (Wildman–Crippen MR) is 86.5 cm³/mol. The van der Waals surface area contributed by atoms with Gasteiger partial charge in [0.15, 0.2) is 6.29 Å². The number of anilines is 1. The van der Waals surface area contributed by atoms with E-state index in [0.717, 1.165) is 34.4 Å². The van der Waals surface area contributed by atoms with E-state index in [2.05, 4.69) is 11.0 Å². The maximum absolute atomic E-state index is 11.8. The number of likely N-dealkylation sites (N-methyl/N-ethyl adjacent to an activating group) is 1. The van der Waals surface area contributed by atoms with Gasteiger partial charge >= 0.3 is 0 Å². The highest BCUT2D eigenvalue weighted by Gasteiger charge is 2.35. The maximum Gasteiger partial charge on any atom is 0.151 e. The van der Waals surface area contributed by atoms with E-state index in [-0.39, 0.29) is 6.04 Å². The highest BCUT2D eigenvalue weighted by atomic mass is 16.5. The minimum absolute atomic E-state index is 0.112. The van der Waals surface area contributed by atoms with Crippen LogP contribution in [0.3, 0.4) is 0 Å². The molecule has 0 aromatic heterocycles. The van der Waals surface area contributed by atoms with E-state index >= 15 is 0 Å². The van der Waals surface area contributed by atoms with Gasteiger partial charge in [-0.25, -0.2) is 0 Å². The molecule has 1 aliphatic carbocycles. The van der Waals surface area contributed by atoms with Gasteiger partial charge in [-0.05, 0) is 30.7 Å². The van der Waals surface area contributed by atoms with E-state index in [9.17, 15) is 4.79 Å². The van der Waals surface area contributed by atoms with E-state index in [4.69, 9.17) is 9.47 Å². The molecule has 4 heteroatoms. The van der Waals surface area contributed by atoms with Gasteiger partial charge in [0.05, 0.1) is 14.2 Å². The molecule has 1 atom stereocenters. The summed E-state index contributed by atoms with van der Waals surface area (Å²) in [6.45, 7) is 2.03. The van der Waals surface area contributed by atoms with Crippen LogP contribution in [0.2, 0.25) is 0 Å². The number of benzene rings is 1. The average Bonchev–Trinajstić information content (AvgIpc) is 2.53. The van der Waals surface area contributed by atoms with Crippen molar-refractivity contribution in [3.05, 3.63) is 58.6 Å². The topological polar surface area (TPSA) is 38.8 Å². The average molecular weight is 297 g/mol. The van der Waals surface area contributed by atoms with Gasteiger partial charge in [0.25, 0.3) is 0 Å². The molecule has 1 aliphatic heterocycles. The summed E-state index contributed by atoms with van der Waals surface area (Å²) in [6, 6.07) is 6.04. The second-order valence-electron chi connectivity index (χ2n) is 5.52. The molecule has 22 heavy (non-hydrogen) atoms. The number of methoxy groups -OCH3 is 2. The van der Waals surface area contributed by atoms with Gasteiger partial charge in [0.1, 0.15) is 17.6 Å². The van der Waals surface area contributed by atoms with Gasteiger partial charge in [-0.2, -0.15) is 0 Å². The molecule has 1 aromatic rings. The van der Waals surface area contributed by atoms with E-state index in [1.165, 1.54) is 0 Å². The molecule has 0 saturated carbocycles. The number of carbonyl (C=O) groups excluding carboxylic acids is 1. The van der Waals surface area contributed by atoms with Crippen molar-refractivity contribution >= 4 is 17.5 Å². The van der Waals surface area contributed by atoms with Crippen molar-refractivity contribution in [3.8, 4) is 0 Å². The van der Waals surface area contributed by atoms with Crippen molar-refractivity contribution in [1.29, 1.82) is 0 Å². The Labute approximate surface area is 130 Å². The van der Waals surface area contributed by atoms with Crippen molar-refractivity contribution in [3.63, 3.8) is 0 Å².